The number of carbonyl (C=O) groups excluding carboxylic acids is 4. The second-order valence-electron chi connectivity index (χ2n) is 14.5. The number of carbonyl (C=O) groups is 4. The van der Waals surface area contributed by atoms with Crippen LogP contribution in [0, 0.1) is 40.9 Å². The first-order valence-electron chi connectivity index (χ1n) is 14.5. The van der Waals surface area contributed by atoms with E-state index >= 15 is 0 Å². The number of fused-ring (bicyclic) bond motifs is 2. The fourth-order valence-electron chi connectivity index (χ4n) is 10.9. The normalized spacial score (nSPS) is 59.9. The molecule has 10 nitrogen and oxygen atoms in total. The molecule has 0 aromatic heterocycles. The molecule has 10 heteroatoms. The van der Waals surface area contributed by atoms with E-state index in [0.29, 0.717) is 25.7 Å². The maximum atomic E-state index is 14.8. The summed E-state index contributed by atoms with van der Waals surface area (Å²) in [6, 6.07) is 0. The summed E-state index contributed by atoms with van der Waals surface area (Å²) in [5, 5.41) is 11.8. The van der Waals surface area contributed by atoms with Crippen LogP contribution >= 0.6 is 0 Å². The lowest BCUT2D eigenvalue weighted by atomic mass is 9.61. The topological polar surface area (TPSA) is 135 Å². The van der Waals surface area contributed by atoms with Crippen molar-refractivity contribution in [3.63, 3.8) is 0 Å². The highest BCUT2D eigenvalue weighted by Gasteiger charge is 2.84. The van der Waals surface area contributed by atoms with Gasteiger partial charge < -0.3 is 28.8 Å². The van der Waals surface area contributed by atoms with Crippen molar-refractivity contribution < 1.29 is 48.0 Å². The van der Waals surface area contributed by atoms with Crippen LogP contribution in [0.2, 0.25) is 0 Å². The number of aliphatic hydroxyl groups is 1. The Bertz CT molecular complexity index is 1260. The van der Waals surface area contributed by atoms with Gasteiger partial charge in [-0.1, -0.05) is 13.8 Å². The molecule has 8 aliphatic rings. The molecule has 8 fully saturated rings. The molecule has 8 rings (SSSR count). The molecule has 6 aliphatic heterocycles. The van der Waals surface area contributed by atoms with Crippen LogP contribution in [0.15, 0.2) is 0 Å². The second kappa shape index (κ2) is 6.77. The van der Waals surface area contributed by atoms with Gasteiger partial charge >= 0.3 is 11.9 Å². The van der Waals surface area contributed by atoms with Crippen LogP contribution in [0.1, 0.15) is 73.1 Å². The van der Waals surface area contributed by atoms with Crippen molar-refractivity contribution in [1.82, 2.24) is 0 Å². The summed E-state index contributed by atoms with van der Waals surface area (Å²) in [6.07, 6.45) is 0.227. The van der Waals surface area contributed by atoms with Crippen molar-refractivity contribution in [3.8, 4) is 0 Å². The lowest BCUT2D eigenvalue weighted by molar-refractivity contribution is -0.335. The summed E-state index contributed by atoms with van der Waals surface area (Å²) in [7, 11) is 0. The van der Waals surface area contributed by atoms with E-state index in [0.717, 1.165) is 0 Å². The zero-order chi connectivity index (χ0) is 27.7. The summed E-state index contributed by atoms with van der Waals surface area (Å²) in [4.78, 5) is 54.1. The molecule has 0 aromatic rings. The lowest BCUT2D eigenvalue weighted by Crippen LogP contribution is -2.63. The summed E-state index contributed by atoms with van der Waals surface area (Å²) >= 11 is 0. The Morgan fingerprint density at radius 2 is 1.64 bits per heavy atom. The maximum Gasteiger partial charge on any atom is 0.312 e. The van der Waals surface area contributed by atoms with Crippen LogP contribution in [-0.4, -0.2) is 69.2 Å². The maximum absolute atomic E-state index is 14.8. The second-order valence-corrected chi connectivity index (χ2v) is 14.5. The van der Waals surface area contributed by atoms with Crippen LogP contribution in [0.25, 0.3) is 0 Å². The Morgan fingerprint density at radius 3 is 2.38 bits per heavy atom. The van der Waals surface area contributed by atoms with E-state index in [4.69, 9.17) is 23.7 Å². The molecule has 2 saturated carbocycles. The van der Waals surface area contributed by atoms with Gasteiger partial charge in [-0.2, -0.15) is 0 Å². The molecular weight excluding hydrogens is 508 g/mol. The van der Waals surface area contributed by atoms with Gasteiger partial charge in [0, 0.05) is 35.5 Å². The predicted octanol–water partition coefficient (Wildman–Crippen LogP) is 1.83. The van der Waals surface area contributed by atoms with Crippen molar-refractivity contribution in [2.45, 2.75) is 114 Å². The molecule has 6 saturated heterocycles. The fraction of sp³-hybridized carbons (Fsp3) is 0.862. The third-order valence-electron chi connectivity index (χ3n) is 12.4. The van der Waals surface area contributed by atoms with Gasteiger partial charge in [0.15, 0.2) is 11.4 Å². The molecule has 0 aromatic carbocycles. The van der Waals surface area contributed by atoms with E-state index in [1.165, 1.54) is 0 Å². The fourth-order valence-corrected chi connectivity index (χ4v) is 10.9. The minimum Gasteiger partial charge on any atom is -0.459 e. The molecule has 1 N–H and O–H groups in total. The molecule has 0 radical (unpaired) electrons. The number of hydrogen-bond acceptors (Lipinski definition) is 10. The van der Waals surface area contributed by atoms with Crippen molar-refractivity contribution in [2.75, 3.05) is 0 Å². The molecule has 3 spiro atoms. The zero-order valence-corrected chi connectivity index (χ0v) is 23.0. The Balaban J connectivity index is 1.31. The van der Waals surface area contributed by atoms with Crippen molar-refractivity contribution in [1.29, 1.82) is 0 Å². The number of esters is 2. The predicted molar refractivity (Wildman–Crippen MR) is 128 cm³/mol. The number of ketones is 2. The average molecular weight is 545 g/mol. The van der Waals surface area contributed by atoms with Crippen molar-refractivity contribution in [3.05, 3.63) is 0 Å². The highest BCUT2D eigenvalue weighted by Crippen LogP contribution is 2.72. The molecule has 212 valence electrons. The Morgan fingerprint density at radius 1 is 0.897 bits per heavy atom. The molecule has 2 aliphatic carbocycles. The van der Waals surface area contributed by atoms with Crippen LogP contribution in [0.4, 0.5) is 0 Å². The van der Waals surface area contributed by atoms with E-state index in [-0.39, 0.29) is 30.3 Å². The zero-order valence-electron chi connectivity index (χ0n) is 23.0. The average Bonchev–Trinajstić information content (AvgIpc) is 3.38. The lowest BCUT2D eigenvalue weighted by Gasteiger charge is -2.50. The number of Topliss-reactive ketones (excluding diaryl/α,β-unsaturated/α-hetero) is 2. The minimum absolute atomic E-state index is 0.0346. The SMILES string of the molecule is C[C@@H]1C(=O)O[C@H]2[C@@H]1O[C@@]13O[C@@]4(CC[C@]5(C)C(=O)[C@@H](C)[C@H]2C15)C[C@]12OC(=O)C[C@@]1(O)OC(C)(C)[C@@H]2CC[C@H]4C3=O. The first kappa shape index (κ1) is 24.9. The van der Waals surface area contributed by atoms with E-state index in [2.05, 4.69) is 0 Å². The molecule has 13 atom stereocenters. The molecule has 2 bridgehead atoms. The van der Waals surface area contributed by atoms with Crippen LogP contribution in [-0.2, 0) is 42.9 Å². The summed E-state index contributed by atoms with van der Waals surface area (Å²) in [5.41, 5.74) is -4.23. The molecule has 0 amide bonds. The first-order valence-corrected chi connectivity index (χ1v) is 14.5. The number of rotatable bonds is 0. The Kier molecular flexibility index (Phi) is 4.32. The van der Waals surface area contributed by atoms with Crippen LogP contribution < -0.4 is 0 Å². The molecule has 6 heterocycles. The largest absolute Gasteiger partial charge is 0.459 e. The van der Waals surface area contributed by atoms with Crippen molar-refractivity contribution in [2.24, 2.45) is 40.9 Å². The van der Waals surface area contributed by atoms with E-state index < -0.39 is 87.5 Å². The molecule has 39 heavy (non-hydrogen) atoms. The van der Waals surface area contributed by atoms with E-state index in [1.54, 1.807) is 6.92 Å². The molecule has 1 unspecified atom stereocenters. The first-order chi connectivity index (χ1) is 18.1. The highest BCUT2D eigenvalue weighted by atomic mass is 16.7. The smallest absolute Gasteiger partial charge is 0.312 e. The molecular formula is C29H36O10. The van der Waals surface area contributed by atoms with E-state index in [1.807, 2.05) is 27.7 Å². The number of ether oxygens (including phenoxy) is 5. The van der Waals surface area contributed by atoms with Gasteiger partial charge in [-0.25, -0.2) is 0 Å². The van der Waals surface area contributed by atoms with E-state index in [9.17, 15) is 24.3 Å². The van der Waals surface area contributed by atoms with Gasteiger partial charge in [-0.15, -0.1) is 0 Å². The number of hydrogen-bond donors (Lipinski definition) is 1. The van der Waals surface area contributed by atoms with Crippen LogP contribution in [0.5, 0.6) is 0 Å². The minimum atomic E-state index is -1.85. The van der Waals surface area contributed by atoms with Gasteiger partial charge in [0.05, 0.1) is 23.0 Å². The highest BCUT2D eigenvalue weighted by molar-refractivity contribution is 5.97. The summed E-state index contributed by atoms with van der Waals surface area (Å²) < 4.78 is 31.8. The third kappa shape index (κ3) is 2.48. The quantitative estimate of drug-likeness (QED) is 0.450. The van der Waals surface area contributed by atoms with Crippen molar-refractivity contribution >= 4 is 23.5 Å². The summed E-state index contributed by atoms with van der Waals surface area (Å²) in [6.45, 7) is 9.27. The van der Waals surface area contributed by atoms with Gasteiger partial charge in [0.2, 0.25) is 11.6 Å². The standard InChI is InChI=1S/C29H36O10/c1-12-17-19-18(13(2)23(33)35-19)37-29-20(17)25(5,21(12)31)8-9-26(39-29)11-27-15(7-6-14(26)22(29)32)24(3,4)38-28(27,34)10-16(30)36-27/h12-15,17-20,34H,6-11H2,1-5H3/t12-,13-,14-,15-,17+,18+,19+,20?,25-,26-,27+,28+,29+/m0/s1. The van der Waals surface area contributed by atoms with Gasteiger partial charge in [-0.05, 0) is 46.5 Å². The van der Waals surface area contributed by atoms with Gasteiger partial charge in [-0.3, -0.25) is 19.2 Å². The van der Waals surface area contributed by atoms with Crippen LogP contribution in [0.3, 0.4) is 0 Å². The Labute approximate surface area is 226 Å². The summed E-state index contributed by atoms with van der Waals surface area (Å²) in [5.74, 6) is -7.62. The monoisotopic (exact) mass is 544 g/mol. The van der Waals surface area contributed by atoms with Gasteiger partial charge in [0.1, 0.15) is 24.4 Å². The van der Waals surface area contributed by atoms with Gasteiger partial charge in [0.25, 0.3) is 0 Å². The third-order valence-corrected chi connectivity index (χ3v) is 12.4. The Hall–Kier alpha value is -1.88.